The van der Waals surface area contributed by atoms with Gasteiger partial charge in [-0.25, -0.2) is 0 Å². The lowest BCUT2D eigenvalue weighted by atomic mass is 9.88. The molecule has 2 unspecified atom stereocenters. The van der Waals surface area contributed by atoms with Crippen molar-refractivity contribution in [2.75, 3.05) is 0 Å². The first-order chi connectivity index (χ1) is 9.72. The van der Waals surface area contributed by atoms with Gasteiger partial charge in [-0.3, -0.25) is 0 Å². The molecule has 0 N–H and O–H groups in total. The van der Waals surface area contributed by atoms with Crippen LogP contribution < -0.4 is 0 Å². The van der Waals surface area contributed by atoms with Gasteiger partial charge in [0.25, 0.3) is 0 Å². The number of rotatable bonds is 0. The number of aryl methyl sites for hydroxylation is 2. The van der Waals surface area contributed by atoms with Gasteiger partial charge in [-0.15, -0.1) is 0 Å². The molecule has 0 aromatic heterocycles. The minimum absolute atomic E-state index is 0.723. The van der Waals surface area contributed by atoms with Crippen molar-refractivity contribution in [2.45, 2.75) is 49.4 Å². The van der Waals surface area contributed by atoms with E-state index in [0.29, 0.717) is 0 Å². The third-order valence-corrected chi connectivity index (χ3v) is 5.66. The lowest BCUT2D eigenvalue weighted by Crippen LogP contribution is -2.05. The molecule has 0 bridgehead atoms. The van der Waals surface area contributed by atoms with Crippen LogP contribution in [0.15, 0.2) is 24.3 Å². The van der Waals surface area contributed by atoms with Gasteiger partial charge in [0.2, 0.25) is 0 Å². The van der Waals surface area contributed by atoms with Gasteiger partial charge >= 0.3 is 0 Å². The third-order valence-electron chi connectivity index (χ3n) is 4.53. The predicted octanol–water partition coefficient (Wildman–Crippen LogP) is 5.83. The Hall–Kier alpha value is -0.570. The lowest BCUT2D eigenvalue weighted by molar-refractivity contribution is 0.604. The Morgan fingerprint density at radius 1 is 1.00 bits per heavy atom. The molecule has 1 aromatic rings. The molecule has 0 fully saturated rings. The van der Waals surface area contributed by atoms with E-state index < -0.39 is 0 Å². The zero-order valence-corrected chi connectivity index (χ0v) is 14.4. The molecule has 106 valence electrons. The SMILES string of the molecule is CC1/C=C\c2cc3c(cc2CCC1)CCC(I)C/C=C\3. The monoisotopic (exact) mass is 378 g/mol. The molecule has 20 heavy (non-hydrogen) atoms. The summed E-state index contributed by atoms with van der Waals surface area (Å²) in [6, 6.07) is 4.91. The summed E-state index contributed by atoms with van der Waals surface area (Å²) in [7, 11) is 0. The Kier molecular flexibility index (Phi) is 4.65. The van der Waals surface area contributed by atoms with Gasteiger partial charge in [0.1, 0.15) is 0 Å². The maximum Gasteiger partial charge on any atom is 0.0147 e. The van der Waals surface area contributed by atoms with E-state index in [-0.39, 0.29) is 0 Å². The van der Waals surface area contributed by atoms with Crippen LogP contribution in [0.3, 0.4) is 0 Å². The summed E-state index contributed by atoms with van der Waals surface area (Å²) in [6.07, 6.45) is 17.1. The predicted molar refractivity (Wildman–Crippen MR) is 97.4 cm³/mol. The molecule has 0 radical (unpaired) electrons. The summed E-state index contributed by atoms with van der Waals surface area (Å²) in [6.45, 7) is 2.33. The second-order valence-corrected chi connectivity index (χ2v) is 8.01. The van der Waals surface area contributed by atoms with Crippen LogP contribution in [0.1, 0.15) is 54.9 Å². The van der Waals surface area contributed by atoms with Crippen molar-refractivity contribution >= 4 is 34.7 Å². The molecule has 3 rings (SSSR count). The van der Waals surface area contributed by atoms with Gasteiger partial charge in [0.15, 0.2) is 0 Å². The molecule has 0 saturated carbocycles. The number of fused-ring (bicyclic) bond motifs is 2. The van der Waals surface area contributed by atoms with Crippen molar-refractivity contribution < 1.29 is 0 Å². The minimum Gasteiger partial charge on any atom is -0.0829 e. The smallest absolute Gasteiger partial charge is 0.0147 e. The normalized spacial score (nSPS) is 29.1. The van der Waals surface area contributed by atoms with E-state index in [9.17, 15) is 0 Å². The van der Waals surface area contributed by atoms with Crippen molar-refractivity contribution in [1.29, 1.82) is 0 Å². The zero-order valence-electron chi connectivity index (χ0n) is 12.2. The number of alkyl halides is 1. The average molecular weight is 378 g/mol. The van der Waals surface area contributed by atoms with Crippen LogP contribution >= 0.6 is 22.6 Å². The van der Waals surface area contributed by atoms with Crippen molar-refractivity contribution in [3.05, 3.63) is 46.5 Å². The van der Waals surface area contributed by atoms with Crippen molar-refractivity contribution in [3.63, 3.8) is 0 Å². The van der Waals surface area contributed by atoms with Crippen LogP contribution in [-0.4, -0.2) is 3.92 Å². The number of benzene rings is 1. The molecule has 1 aromatic carbocycles. The first-order valence-corrected chi connectivity index (χ1v) is 9.11. The molecule has 2 atom stereocenters. The van der Waals surface area contributed by atoms with Crippen molar-refractivity contribution in [1.82, 2.24) is 0 Å². The van der Waals surface area contributed by atoms with Gasteiger partial charge in [0.05, 0.1) is 0 Å². The van der Waals surface area contributed by atoms with Crippen LogP contribution in [0.25, 0.3) is 12.2 Å². The Labute approximate surface area is 136 Å². The highest BCUT2D eigenvalue weighted by Gasteiger charge is 2.13. The Morgan fingerprint density at radius 3 is 2.70 bits per heavy atom. The van der Waals surface area contributed by atoms with E-state index >= 15 is 0 Å². The molecule has 0 nitrogen and oxygen atoms in total. The standard InChI is InChI=1S/C19H23I/c1-14-4-2-5-15-13-18-10-11-19(20)7-3-6-16(18)12-17(15)9-8-14/h3,6,8-9,12-14,19H,2,4-5,7,10-11H2,1H3/b6-3-,9-8-. The van der Waals surface area contributed by atoms with E-state index in [1.165, 1.54) is 49.7 Å². The van der Waals surface area contributed by atoms with Gasteiger partial charge < -0.3 is 0 Å². The molecule has 0 spiro atoms. The molecular weight excluding hydrogens is 355 g/mol. The highest BCUT2D eigenvalue weighted by Crippen LogP contribution is 2.28. The molecule has 1 heteroatoms. The topological polar surface area (TPSA) is 0 Å². The van der Waals surface area contributed by atoms with Crippen LogP contribution in [0, 0.1) is 5.92 Å². The molecule has 2 aliphatic rings. The van der Waals surface area contributed by atoms with Crippen LogP contribution in [0.5, 0.6) is 0 Å². The average Bonchev–Trinajstić information content (AvgIpc) is 2.40. The fourth-order valence-electron chi connectivity index (χ4n) is 3.22. The molecule has 2 aliphatic carbocycles. The quantitative estimate of drug-likeness (QED) is 0.394. The summed E-state index contributed by atoms with van der Waals surface area (Å²) in [5, 5.41) is 0. The highest BCUT2D eigenvalue weighted by atomic mass is 127. The van der Waals surface area contributed by atoms with E-state index in [4.69, 9.17) is 0 Å². The minimum atomic E-state index is 0.723. The number of halogens is 1. The first kappa shape index (κ1) is 14.4. The van der Waals surface area contributed by atoms with Crippen LogP contribution in [-0.2, 0) is 12.8 Å². The third kappa shape index (κ3) is 3.36. The molecule has 0 amide bonds. The maximum absolute atomic E-state index is 2.59. The largest absolute Gasteiger partial charge is 0.0829 e. The van der Waals surface area contributed by atoms with E-state index in [0.717, 1.165) is 9.84 Å². The van der Waals surface area contributed by atoms with Crippen molar-refractivity contribution in [2.24, 2.45) is 5.92 Å². The number of hydrogen-bond acceptors (Lipinski definition) is 0. The molecule has 0 aliphatic heterocycles. The fraction of sp³-hybridized carbons (Fsp3) is 0.474. The summed E-state index contributed by atoms with van der Waals surface area (Å²) in [5.74, 6) is 0.723. The van der Waals surface area contributed by atoms with Crippen LogP contribution in [0.2, 0.25) is 0 Å². The highest BCUT2D eigenvalue weighted by molar-refractivity contribution is 14.1. The zero-order chi connectivity index (χ0) is 13.9. The maximum atomic E-state index is 2.59. The van der Waals surface area contributed by atoms with E-state index in [1.807, 2.05) is 0 Å². The Balaban J connectivity index is 2.00. The van der Waals surface area contributed by atoms with Gasteiger partial charge in [0, 0.05) is 3.92 Å². The van der Waals surface area contributed by atoms with Gasteiger partial charge in [-0.2, -0.15) is 0 Å². The molecular formula is C19H23I. The van der Waals surface area contributed by atoms with Gasteiger partial charge in [-0.1, -0.05) is 59.9 Å². The summed E-state index contributed by atoms with van der Waals surface area (Å²) < 4.78 is 0.791. The Morgan fingerprint density at radius 2 is 1.80 bits per heavy atom. The molecule has 0 heterocycles. The summed E-state index contributed by atoms with van der Waals surface area (Å²) >= 11 is 2.59. The number of hydrogen-bond donors (Lipinski definition) is 0. The van der Waals surface area contributed by atoms with E-state index in [1.54, 1.807) is 11.1 Å². The summed E-state index contributed by atoms with van der Waals surface area (Å²) in [4.78, 5) is 0. The summed E-state index contributed by atoms with van der Waals surface area (Å²) in [5.41, 5.74) is 6.02. The van der Waals surface area contributed by atoms with Gasteiger partial charge in [-0.05, 0) is 72.8 Å². The van der Waals surface area contributed by atoms with E-state index in [2.05, 4.69) is 66.0 Å². The first-order valence-electron chi connectivity index (χ1n) is 7.87. The Bertz CT molecular complexity index is 539. The van der Waals surface area contributed by atoms with Crippen LogP contribution in [0.4, 0.5) is 0 Å². The fourth-order valence-corrected chi connectivity index (χ4v) is 3.83. The van der Waals surface area contributed by atoms with Crippen molar-refractivity contribution in [3.8, 4) is 0 Å². The second-order valence-electron chi connectivity index (χ2n) is 6.25. The molecule has 0 saturated heterocycles. The number of allylic oxidation sites excluding steroid dienone is 2. The second kappa shape index (κ2) is 6.46. The lowest BCUT2D eigenvalue weighted by Gasteiger charge is -2.19.